The van der Waals surface area contributed by atoms with E-state index < -0.39 is 115 Å². The molecule has 0 spiro atoms. The number of hydrogen-bond acceptors (Lipinski definition) is 11. The second kappa shape index (κ2) is 20.3. The number of carbonyl (C=O) groups is 9. The molecule has 1 fully saturated rings. The largest absolute Gasteiger partial charge is 0.481 e. The summed E-state index contributed by atoms with van der Waals surface area (Å²) in [5.41, 5.74) is 6.59. The van der Waals surface area contributed by atoms with Gasteiger partial charge < -0.3 is 57.3 Å². The number of carboxylic acid groups (broad SMARTS) is 1. The monoisotopic (exact) mass is 803 g/mol. The Kier molecular flexibility index (Phi) is 16.2. The number of amides is 8. The number of benzene rings is 1. The van der Waals surface area contributed by atoms with Crippen LogP contribution >= 0.6 is 11.8 Å². The Labute approximate surface area is 326 Å². The minimum absolute atomic E-state index is 0.0309. The summed E-state index contributed by atoms with van der Waals surface area (Å²) in [5, 5.41) is 32.7. The van der Waals surface area contributed by atoms with Crippen molar-refractivity contribution in [3.8, 4) is 0 Å². The number of thioether (sulfide) groups is 1. The Balaban J connectivity index is 2.06. The summed E-state index contributed by atoms with van der Waals surface area (Å²) < 4.78 is 0. The third-order valence-corrected chi connectivity index (χ3v) is 10.2. The SMILES string of the molecule is CC(C)[C@H]1NC(=O)[C@H](CC(=O)O)NC(=O)[C@@H](C)N(C)C(=O)[C@@H](Cc2c[nH]c3ccccc23)NC(=O)CSC[C@@H](C(=O)NCC(N)=O)NC(=O)[C@H](CO)N(C)C1=O. The second-order valence-corrected chi connectivity index (χ2v) is 14.6. The molecule has 0 unspecified atom stereocenters. The van der Waals surface area contributed by atoms with E-state index in [-0.39, 0.29) is 17.9 Å². The topological polar surface area (TPSA) is 303 Å². The molecule has 1 aliphatic heterocycles. The molecule has 56 heavy (non-hydrogen) atoms. The molecule has 3 rings (SSSR count). The van der Waals surface area contributed by atoms with Crippen LogP contribution in [0.5, 0.6) is 0 Å². The Morgan fingerprint density at radius 2 is 1.61 bits per heavy atom. The first-order valence-corrected chi connectivity index (χ1v) is 18.8. The number of likely N-dealkylation sites (N-methyl/N-ethyl adjacent to an activating group) is 2. The zero-order chi connectivity index (χ0) is 41.9. The fourth-order valence-corrected chi connectivity index (χ4v) is 6.64. The van der Waals surface area contributed by atoms with E-state index in [1.165, 1.54) is 21.0 Å². The van der Waals surface area contributed by atoms with Crippen molar-refractivity contribution in [2.45, 2.75) is 69.9 Å². The van der Waals surface area contributed by atoms with Crippen LogP contribution in [-0.2, 0) is 49.6 Å². The van der Waals surface area contributed by atoms with Crippen LogP contribution < -0.4 is 32.3 Å². The zero-order valence-corrected chi connectivity index (χ0v) is 32.4. The van der Waals surface area contributed by atoms with Gasteiger partial charge in [-0.25, -0.2) is 0 Å². The van der Waals surface area contributed by atoms with E-state index in [2.05, 4.69) is 31.6 Å². The quantitative estimate of drug-likeness (QED) is 0.121. The number of nitrogens with two attached hydrogens (primary N) is 1. The molecule has 21 heteroatoms. The molecule has 1 aromatic heterocycles. The predicted octanol–water partition coefficient (Wildman–Crippen LogP) is -3.21. The highest BCUT2D eigenvalue weighted by atomic mass is 32.2. The highest BCUT2D eigenvalue weighted by Gasteiger charge is 2.38. The summed E-state index contributed by atoms with van der Waals surface area (Å²) in [6, 6.07) is -1.45. The summed E-state index contributed by atoms with van der Waals surface area (Å²) in [4.78, 5) is 123. The van der Waals surface area contributed by atoms with Gasteiger partial charge in [0.25, 0.3) is 0 Å². The number of fused-ring (bicyclic) bond motifs is 1. The number of nitrogens with one attached hydrogen (secondary N) is 6. The van der Waals surface area contributed by atoms with E-state index in [1.54, 1.807) is 26.1 Å². The first-order valence-electron chi connectivity index (χ1n) is 17.6. The van der Waals surface area contributed by atoms with Crippen LogP contribution in [0.1, 0.15) is 32.8 Å². The van der Waals surface area contributed by atoms with Gasteiger partial charge >= 0.3 is 5.97 Å². The lowest BCUT2D eigenvalue weighted by Crippen LogP contribution is -2.61. The smallest absolute Gasteiger partial charge is 0.305 e. The Hall–Kier alpha value is -5.70. The fraction of sp³-hybridized carbons (Fsp3) is 0.514. The van der Waals surface area contributed by atoms with E-state index in [9.17, 15) is 53.4 Å². The molecule has 0 aliphatic carbocycles. The number of hydrogen-bond donors (Lipinski definition) is 9. The van der Waals surface area contributed by atoms with Crippen LogP contribution in [0.15, 0.2) is 30.5 Å². The van der Waals surface area contributed by atoms with E-state index in [0.29, 0.717) is 5.56 Å². The van der Waals surface area contributed by atoms with Crippen LogP contribution in [0.2, 0.25) is 0 Å². The van der Waals surface area contributed by atoms with Gasteiger partial charge in [0.05, 0.1) is 25.3 Å². The standard InChI is InChI=1S/C35H49N9O11S/c1-17(2)29-35(55)44(5)25(14-45)33(53)41-24(31(51)38-13-26(36)46)15-56-16-27(47)39-23(10-19-12-37-21-9-7-6-8-20(19)21)34(54)43(4)18(3)30(50)40-22(11-28(48)49)32(52)42-29/h6-9,12,17-18,22-25,29,37,45H,10-11,13-16H2,1-5H3,(H2,36,46)(H,38,51)(H,39,47)(H,40,50)(H,41,53)(H,42,52)(H,48,49)/t18-,22+,23-,24+,25+,29-/m1/s1. The average molecular weight is 804 g/mol. The number of aromatic nitrogens is 1. The summed E-state index contributed by atoms with van der Waals surface area (Å²) in [6.45, 7) is 2.93. The number of nitrogens with zero attached hydrogens (tertiary/aromatic N) is 2. The predicted molar refractivity (Wildman–Crippen MR) is 202 cm³/mol. The van der Waals surface area contributed by atoms with Gasteiger partial charge in [0.2, 0.25) is 47.3 Å². The molecule has 1 saturated heterocycles. The van der Waals surface area contributed by atoms with Gasteiger partial charge in [-0.15, -0.1) is 11.8 Å². The highest BCUT2D eigenvalue weighted by Crippen LogP contribution is 2.20. The molecular formula is C35H49N9O11S. The maximum atomic E-state index is 14.0. The number of carboxylic acids is 1. The van der Waals surface area contributed by atoms with Crippen molar-refractivity contribution < 1.29 is 53.4 Å². The van der Waals surface area contributed by atoms with Crippen LogP contribution in [0.25, 0.3) is 10.9 Å². The Bertz CT molecular complexity index is 1820. The van der Waals surface area contributed by atoms with E-state index in [1.807, 2.05) is 18.2 Å². The van der Waals surface area contributed by atoms with Crippen molar-refractivity contribution in [2.24, 2.45) is 11.7 Å². The van der Waals surface area contributed by atoms with Gasteiger partial charge in [-0.2, -0.15) is 0 Å². The molecule has 8 amide bonds. The van der Waals surface area contributed by atoms with Gasteiger partial charge in [0.1, 0.15) is 36.3 Å². The van der Waals surface area contributed by atoms with Crippen molar-refractivity contribution in [3.05, 3.63) is 36.0 Å². The number of carbonyl (C=O) groups excluding carboxylic acids is 8. The van der Waals surface area contributed by atoms with E-state index >= 15 is 0 Å². The number of aromatic amines is 1. The van der Waals surface area contributed by atoms with Crippen molar-refractivity contribution in [1.82, 2.24) is 41.4 Å². The van der Waals surface area contributed by atoms with Gasteiger partial charge in [-0.1, -0.05) is 32.0 Å². The average Bonchev–Trinajstić information content (AvgIpc) is 3.55. The number of rotatable bonds is 9. The summed E-state index contributed by atoms with van der Waals surface area (Å²) in [6.07, 6.45) is 0.735. The van der Waals surface area contributed by atoms with Crippen LogP contribution in [0.3, 0.4) is 0 Å². The molecule has 1 aromatic carbocycles. The minimum atomic E-state index is -1.73. The normalized spacial score (nSPS) is 24.1. The van der Waals surface area contributed by atoms with Crippen molar-refractivity contribution >= 4 is 75.9 Å². The lowest BCUT2D eigenvalue weighted by molar-refractivity contribution is -0.146. The van der Waals surface area contributed by atoms with Crippen molar-refractivity contribution in [3.63, 3.8) is 0 Å². The minimum Gasteiger partial charge on any atom is -0.481 e. The molecule has 10 N–H and O–H groups in total. The molecule has 1 aliphatic rings. The number of H-pyrrole nitrogens is 1. The highest BCUT2D eigenvalue weighted by molar-refractivity contribution is 8.00. The molecule has 6 atom stereocenters. The Morgan fingerprint density at radius 3 is 2.23 bits per heavy atom. The van der Waals surface area contributed by atoms with Gasteiger partial charge in [0, 0.05) is 43.4 Å². The van der Waals surface area contributed by atoms with Crippen LogP contribution in [0, 0.1) is 5.92 Å². The molecular weight excluding hydrogens is 755 g/mol. The second-order valence-electron chi connectivity index (χ2n) is 13.6. The number of aliphatic hydroxyl groups excluding tert-OH is 1. The lowest BCUT2D eigenvalue weighted by atomic mass is 10.0. The Morgan fingerprint density at radius 1 is 0.929 bits per heavy atom. The number of primary amides is 1. The summed E-state index contributed by atoms with van der Waals surface area (Å²) >= 11 is 0.884. The van der Waals surface area contributed by atoms with E-state index in [0.717, 1.165) is 32.5 Å². The van der Waals surface area contributed by atoms with Gasteiger partial charge in [-0.3, -0.25) is 43.2 Å². The number of aliphatic carboxylic acids is 1. The molecule has 2 aromatic rings. The molecule has 0 radical (unpaired) electrons. The van der Waals surface area contributed by atoms with Crippen molar-refractivity contribution in [1.29, 1.82) is 0 Å². The summed E-state index contributed by atoms with van der Waals surface area (Å²) in [5.74, 6) is -9.72. The molecule has 0 bridgehead atoms. The maximum absolute atomic E-state index is 14.0. The number of para-hydroxylation sites is 1. The first-order chi connectivity index (χ1) is 26.4. The van der Waals surface area contributed by atoms with Crippen molar-refractivity contribution in [2.75, 3.05) is 38.8 Å². The van der Waals surface area contributed by atoms with Crippen LogP contribution in [0.4, 0.5) is 0 Å². The molecule has 0 saturated carbocycles. The first kappa shape index (κ1) is 44.7. The molecule has 2 heterocycles. The number of aliphatic hydroxyl groups is 1. The maximum Gasteiger partial charge on any atom is 0.305 e. The zero-order valence-electron chi connectivity index (χ0n) is 31.6. The van der Waals surface area contributed by atoms with Crippen LogP contribution in [-0.4, -0.2) is 153 Å². The van der Waals surface area contributed by atoms with Gasteiger partial charge in [-0.05, 0) is 24.5 Å². The van der Waals surface area contributed by atoms with E-state index in [4.69, 9.17) is 5.73 Å². The molecule has 20 nitrogen and oxygen atoms in total. The summed E-state index contributed by atoms with van der Waals surface area (Å²) in [7, 11) is 2.47. The molecule has 306 valence electrons. The lowest BCUT2D eigenvalue weighted by Gasteiger charge is -2.33. The fourth-order valence-electron chi connectivity index (χ4n) is 5.78. The third kappa shape index (κ3) is 11.9. The third-order valence-electron chi connectivity index (χ3n) is 9.16. The van der Waals surface area contributed by atoms with Gasteiger partial charge in [0.15, 0.2) is 0 Å².